The first-order chi connectivity index (χ1) is 24.9. The van der Waals surface area contributed by atoms with E-state index in [0.717, 1.165) is 79.1 Å². The maximum absolute atomic E-state index is 12.2. The quantitative estimate of drug-likeness (QED) is 0.156. The lowest BCUT2D eigenvalue weighted by atomic mass is 9.98. The molecule has 4 aromatic carbocycles. The second kappa shape index (κ2) is 18.1. The minimum atomic E-state index is -0.525. The van der Waals surface area contributed by atoms with E-state index in [1.54, 1.807) is 6.92 Å². The summed E-state index contributed by atoms with van der Waals surface area (Å²) in [4.78, 5) is 28.7. The fourth-order valence-electron chi connectivity index (χ4n) is 6.60. The van der Waals surface area contributed by atoms with Gasteiger partial charge >= 0.3 is 12.0 Å². The van der Waals surface area contributed by atoms with E-state index in [1.165, 1.54) is 5.56 Å². The van der Waals surface area contributed by atoms with Crippen LogP contribution in [0.4, 0.5) is 4.79 Å². The van der Waals surface area contributed by atoms with Gasteiger partial charge in [0.1, 0.15) is 6.54 Å². The zero-order valence-corrected chi connectivity index (χ0v) is 29.2. The third-order valence-electron chi connectivity index (χ3n) is 9.39. The molecule has 6 rings (SSSR count). The molecule has 10 heteroatoms. The van der Waals surface area contributed by atoms with Crippen molar-refractivity contribution in [1.82, 2.24) is 20.4 Å². The molecule has 2 saturated heterocycles. The first-order valence-corrected chi connectivity index (χ1v) is 17.8. The van der Waals surface area contributed by atoms with Crippen molar-refractivity contribution in [2.45, 2.75) is 51.5 Å². The van der Waals surface area contributed by atoms with Crippen molar-refractivity contribution in [3.8, 4) is 11.1 Å². The van der Waals surface area contributed by atoms with Gasteiger partial charge in [0, 0.05) is 57.8 Å². The zero-order valence-electron chi connectivity index (χ0n) is 29.2. The van der Waals surface area contributed by atoms with Gasteiger partial charge in [-0.2, -0.15) is 0 Å². The fourth-order valence-corrected chi connectivity index (χ4v) is 6.60. The standard InChI is InChI=1S/C41H48N4O6/c1-2-49-39(47)26-43-41(48)42-25-32-9-6-10-36(23-32)33-15-17-35(18-16-33)40-50-37(24-38(51-40)34-13-11-31(29-46)12-14-34)28-45-21-19-44(20-22-45)27-30-7-4-3-5-8-30/h3-18,23,37-38,40,46H,2,19-22,24-29H2,1H3,(H2,42,43,48)/t37-,38+,40+/m0/s1. The van der Waals surface area contributed by atoms with E-state index < -0.39 is 18.3 Å². The summed E-state index contributed by atoms with van der Waals surface area (Å²) in [5, 5.41) is 14.9. The van der Waals surface area contributed by atoms with Crippen molar-refractivity contribution in [3.63, 3.8) is 0 Å². The predicted molar refractivity (Wildman–Crippen MR) is 195 cm³/mol. The number of hydrogen-bond donors (Lipinski definition) is 3. The van der Waals surface area contributed by atoms with Crippen LogP contribution in [0.15, 0.2) is 103 Å². The van der Waals surface area contributed by atoms with Gasteiger partial charge in [-0.25, -0.2) is 4.79 Å². The van der Waals surface area contributed by atoms with Gasteiger partial charge in [-0.1, -0.05) is 97.1 Å². The van der Waals surface area contributed by atoms with Crippen molar-refractivity contribution in [2.24, 2.45) is 0 Å². The van der Waals surface area contributed by atoms with Crippen LogP contribution in [0, 0.1) is 0 Å². The lowest BCUT2D eigenvalue weighted by molar-refractivity contribution is -0.253. The van der Waals surface area contributed by atoms with Crippen molar-refractivity contribution in [2.75, 3.05) is 45.9 Å². The van der Waals surface area contributed by atoms with E-state index in [2.05, 4.69) is 75.0 Å². The van der Waals surface area contributed by atoms with Gasteiger partial charge in [-0.3, -0.25) is 14.6 Å². The summed E-state index contributed by atoms with van der Waals surface area (Å²) >= 11 is 0. The number of benzene rings is 4. The van der Waals surface area contributed by atoms with Crippen LogP contribution in [-0.4, -0.2) is 78.9 Å². The molecule has 0 radical (unpaired) electrons. The highest BCUT2D eigenvalue weighted by Crippen LogP contribution is 2.38. The molecule has 268 valence electrons. The summed E-state index contributed by atoms with van der Waals surface area (Å²) in [6.07, 6.45) is 0.0757. The number of carbonyl (C=O) groups excluding carboxylic acids is 2. The molecule has 0 bridgehead atoms. The van der Waals surface area contributed by atoms with Crippen LogP contribution in [0.2, 0.25) is 0 Å². The molecule has 10 nitrogen and oxygen atoms in total. The Morgan fingerprint density at radius 2 is 1.47 bits per heavy atom. The number of hydrogen-bond acceptors (Lipinski definition) is 8. The number of urea groups is 1. The molecule has 0 aromatic heterocycles. The number of ether oxygens (including phenoxy) is 3. The number of nitrogens with one attached hydrogen (secondary N) is 2. The highest BCUT2D eigenvalue weighted by atomic mass is 16.7. The van der Waals surface area contributed by atoms with Gasteiger partial charge in [0.05, 0.1) is 25.4 Å². The number of carbonyl (C=O) groups is 2. The van der Waals surface area contributed by atoms with Gasteiger partial charge in [0.2, 0.25) is 0 Å². The normalized spacial score (nSPS) is 19.7. The minimum Gasteiger partial charge on any atom is -0.465 e. The number of aliphatic hydroxyl groups excluding tert-OH is 1. The van der Waals surface area contributed by atoms with E-state index >= 15 is 0 Å². The van der Waals surface area contributed by atoms with Crippen molar-refractivity contribution < 1.29 is 28.9 Å². The maximum Gasteiger partial charge on any atom is 0.325 e. The molecule has 0 spiro atoms. The number of aliphatic hydroxyl groups is 1. The summed E-state index contributed by atoms with van der Waals surface area (Å²) < 4.78 is 18.1. The summed E-state index contributed by atoms with van der Waals surface area (Å²) in [5.74, 6) is -0.474. The molecule has 3 N–H and O–H groups in total. The largest absolute Gasteiger partial charge is 0.465 e. The number of piperazine rings is 1. The van der Waals surface area contributed by atoms with Crippen LogP contribution in [0.3, 0.4) is 0 Å². The molecule has 0 unspecified atom stereocenters. The smallest absolute Gasteiger partial charge is 0.325 e. The molecule has 0 saturated carbocycles. The fraction of sp³-hybridized carbons (Fsp3) is 0.366. The average molecular weight is 693 g/mol. The first kappa shape index (κ1) is 36.2. The van der Waals surface area contributed by atoms with Crippen molar-refractivity contribution >= 4 is 12.0 Å². The summed E-state index contributed by atoms with van der Waals surface area (Å²) in [6, 6.07) is 34.5. The number of rotatable bonds is 13. The topological polar surface area (TPSA) is 113 Å². The Hall–Kier alpha value is -4.58. The average Bonchev–Trinajstić information content (AvgIpc) is 3.17. The van der Waals surface area contributed by atoms with Gasteiger partial charge in [0.15, 0.2) is 6.29 Å². The number of nitrogens with zero attached hydrogens (tertiary/aromatic N) is 2. The van der Waals surface area contributed by atoms with Gasteiger partial charge in [-0.05, 0) is 46.4 Å². The van der Waals surface area contributed by atoms with Gasteiger partial charge < -0.3 is 30.0 Å². The molecule has 3 atom stereocenters. The third-order valence-corrected chi connectivity index (χ3v) is 9.39. The highest BCUT2D eigenvalue weighted by Gasteiger charge is 2.34. The first-order valence-electron chi connectivity index (χ1n) is 17.8. The third kappa shape index (κ3) is 10.5. The van der Waals surface area contributed by atoms with E-state index in [9.17, 15) is 14.7 Å². The summed E-state index contributed by atoms with van der Waals surface area (Å²) in [6.45, 7) is 7.99. The summed E-state index contributed by atoms with van der Waals surface area (Å²) in [5.41, 5.74) is 7.23. The SMILES string of the molecule is CCOC(=O)CNC(=O)NCc1cccc(-c2ccc([C@@H]3O[C@H](CN4CCN(Cc5ccccc5)CC4)C[C@H](c4ccc(CO)cc4)O3)cc2)c1. The minimum absolute atomic E-state index is 0.00857. The Kier molecular flexibility index (Phi) is 12.8. The number of amides is 2. The highest BCUT2D eigenvalue weighted by molar-refractivity contribution is 5.80. The Balaban J connectivity index is 1.09. The van der Waals surface area contributed by atoms with E-state index in [4.69, 9.17) is 14.2 Å². The Bertz CT molecular complexity index is 1690. The van der Waals surface area contributed by atoms with Crippen molar-refractivity contribution in [3.05, 3.63) is 131 Å². The molecule has 2 aliphatic rings. The molecule has 0 aliphatic carbocycles. The van der Waals surface area contributed by atoms with E-state index in [-0.39, 0.29) is 32.0 Å². The second-order valence-electron chi connectivity index (χ2n) is 13.1. The Morgan fingerprint density at radius 3 is 2.20 bits per heavy atom. The lowest BCUT2D eigenvalue weighted by Crippen LogP contribution is -2.49. The Morgan fingerprint density at radius 1 is 0.765 bits per heavy atom. The monoisotopic (exact) mass is 692 g/mol. The molecular weight excluding hydrogens is 644 g/mol. The molecule has 2 heterocycles. The maximum atomic E-state index is 12.2. The molecule has 4 aromatic rings. The zero-order chi connectivity index (χ0) is 35.4. The van der Waals surface area contributed by atoms with Gasteiger partial charge in [0.25, 0.3) is 0 Å². The lowest BCUT2D eigenvalue weighted by Gasteiger charge is -2.40. The molecule has 2 aliphatic heterocycles. The molecule has 2 amide bonds. The van der Waals surface area contributed by atoms with Crippen LogP contribution in [0.1, 0.15) is 53.6 Å². The van der Waals surface area contributed by atoms with Crippen LogP contribution in [-0.2, 0) is 38.7 Å². The van der Waals surface area contributed by atoms with Crippen LogP contribution in [0.5, 0.6) is 0 Å². The molecule has 51 heavy (non-hydrogen) atoms. The van der Waals surface area contributed by atoms with Crippen molar-refractivity contribution in [1.29, 1.82) is 0 Å². The van der Waals surface area contributed by atoms with Crippen LogP contribution in [0.25, 0.3) is 11.1 Å². The molecule has 2 fully saturated rings. The predicted octanol–water partition coefficient (Wildman–Crippen LogP) is 5.57. The van der Waals surface area contributed by atoms with Crippen LogP contribution < -0.4 is 10.6 Å². The van der Waals surface area contributed by atoms with Gasteiger partial charge in [-0.15, -0.1) is 0 Å². The van der Waals surface area contributed by atoms with E-state index in [0.29, 0.717) is 6.54 Å². The van der Waals surface area contributed by atoms with Crippen LogP contribution >= 0.6 is 0 Å². The summed E-state index contributed by atoms with van der Waals surface area (Å²) in [7, 11) is 0. The molecular formula is C41H48N4O6. The Labute approximate surface area is 300 Å². The number of esters is 1. The second-order valence-corrected chi connectivity index (χ2v) is 13.1. The van der Waals surface area contributed by atoms with E-state index in [1.807, 2.05) is 48.5 Å².